The molecule has 7 nitrogen and oxygen atoms in total. The average molecular weight is 480 g/mol. The SMILES string of the molecule is CC(C)(N)CCN(Cc1ccc(C(=O)Nc2ccccc2N)cc1)C(=O)Nc1cccc(Cl)c1. The molecule has 3 aromatic rings. The molecule has 3 amide bonds. The fourth-order valence-corrected chi connectivity index (χ4v) is 3.42. The molecule has 0 aliphatic heterocycles. The number of amides is 3. The van der Waals surface area contributed by atoms with Crippen LogP contribution in [-0.4, -0.2) is 28.9 Å². The highest BCUT2D eigenvalue weighted by Crippen LogP contribution is 2.19. The number of rotatable bonds is 8. The summed E-state index contributed by atoms with van der Waals surface area (Å²) in [6.45, 7) is 4.67. The second kappa shape index (κ2) is 11.0. The summed E-state index contributed by atoms with van der Waals surface area (Å²) in [5.41, 5.74) is 14.7. The average Bonchev–Trinajstić information content (AvgIpc) is 2.78. The Morgan fingerprint density at radius 1 is 0.971 bits per heavy atom. The Labute approximate surface area is 205 Å². The van der Waals surface area contributed by atoms with E-state index in [-0.39, 0.29) is 11.9 Å². The van der Waals surface area contributed by atoms with Gasteiger partial charge in [-0.25, -0.2) is 4.79 Å². The molecule has 178 valence electrons. The fraction of sp³-hybridized carbons (Fsp3) is 0.231. The molecule has 0 fully saturated rings. The molecular weight excluding hydrogens is 450 g/mol. The number of nitrogens with zero attached hydrogens (tertiary/aromatic N) is 1. The monoisotopic (exact) mass is 479 g/mol. The second-order valence-corrected chi connectivity index (χ2v) is 9.28. The van der Waals surface area contributed by atoms with Crippen molar-refractivity contribution in [3.63, 3.8) is 0 Å². The van der Waals surface area contributed by atoms with Crippen LogP contribution in [0.2, 0.25) is 5.02 Å². The van der Waals surface area contributed by atoms with Gasteiger partial charge in [0.15, 0.2) is 0 Å². The standard InChI is InChI=1S/C26H30ClN5O2/c1-26(2,29)14-15-32(25(34)30-21-7-5-6-20(27)16-21)17-18-10-12-19(13-11-18)24(33)31-23-9-4-3-8-22(23)28/h3-13,16H,14-15,17,28-29H2,1-2H3,(H,30,34)(H,31,33). The summed E-state index contributed by atoms with van der Waals surface area (Å²) < 4.78 is 0. The van der Waals surface area contributed by atoms with Crippen LogP contribution in [0, 0.1) is 0 Å². The van der Waals surface area contributed by atoms with Crippen LogP contribution < -0.4 is 22.1 Å². The third kappa shape index (κ3) is 7.50. The normalized spacial score (nSPS) is 11.1. The number of nitrogens with two attached hydrogens (primary N) is 2. The molecule has 3 aromatic carbocycles. The maximum Gasteiger partial charge on any atom is 0.322 e. The molecule has 0 unspecified atom stereocenters. The third-order valence-electron chi connectivity index (χ3n) is 5.19. The maximum absolute atomic E-state index is 13.0. The predicted octanol–water partition coefficient (Wildman–Crippen LogP) is 5.34. The van der Waals surface area contributed by atoms with Crippen LogP contribution in [0.3, 0.4) is 0 Å². The number of carbonyl (C=O) groups excluding carboxylic acids is 2. The van der Waals surface area contributed by atoms with Gasteiger partial charge in [-0.3, -0.25) is 4.79 Å². The Morgan fingerprint density at radius 2 is 1.68 bits per heavy atom. The number of anilines is 3. The minimum absolute atomic E-state index is 0.257. The van der Waals surface area contributed by atoms with E-state index in [1.54, 1.807) is 65.6 Å². The first-order valence-electron chi connectivity index (χ1n) is 11.0. The van der Waals surface area contributed by atoms with Crippen molar-refractivity contribution in [2.75, 3.05) is 22.9 Å². The van der Waals surface area contributed by atoms with E-state index in [1.165, 1.54) is 0 Å². The minimum atomic E-state index is -0.421. The number of hydrogen-bond donors (Lipinski definition) is 4. The maximum atomic E-state index is 13.0. The van der Waals surface area contributed by atoms with Gasteiger partial charge in [-0.1, -0.05) is 41.9 Å². The van der Waals surface area contributed by atoms with Crippen LogP contribution in [0.4, 0.5) is 21.9 Å². The number of nitrogen functional groups attached to an aromatic ring is 1. The van der Waals surface area contributed by atoms with Gasteiger partial charge in [-0.05, 0) is 68.3 Å². The first kappa shape index (κ1) is 25.1. The van der Waals surface area contributed by atoms with Crippen LogP contribution in [0.1, 0.15) is 36.2 Å². The zero-order valence-corrected chi connectivity index (χ0v) is 20.1. The van der Waals surface area contributed by atoms with Crippen LogP contribution in [0.5, 0.6) is 0 Å². The molecule has 0 atom stereocenters. The van der Waals surface area contributed by atoms with Gasteiger partial charge in [0.1, 0.15) is 0 Å². The summed E-state index contributed by atoms with van der Waals surface area (Å²) in [5.74, 6) is -0.259. The van der Waals surface area contributed by atoms with Crippen LogP contribution >= 0.6 is 11.6 Å². The highest BCUT2D eigenvalue weighted by atomic mass is 35.5. The third-order valence-corrected chi connectivity index (χ3v) is 5.42. The van der Waals surface area contributed by atoms with Crippen molar-refractivity contribution in [1.29, 1.82) is 0 Å². The van der Waals surface area contributed by atoms with E-state index < -0.39 is 5.54 Å². The van der Waals surface area contributed by atoms with Gasteiger partial charge in [-0.2, -0.15) is 0 Å². The van der Waals surface area contributed by atoms with Gasteiger partial charge in [0.2, 0.25) is 0 Å². The van der Waals surface area contributed by atoms with Crippen LogP contribution in [-0.2, 0) is 6.54 Å². The summed E-state index contributed by atoms with van der Waals surface area (Å²) in [6, 6.07) is 20.9. The van der Waals surface area contributed by atoms with Gasteiger partial charge in [0.05, 0.1) is 11.4 Å². The lowest BCUT2D eigenvalue weighted by Gasteiger charge is -2.27. The molecule has 6 N–H and O–H groups in total. The number of halogens is 1. The molecule has 0 aromatic heterocycles. The zero-order valence-electron chi connectivity index (χ0n) is 19.3. The zero-order chi connectivity index (χ0) is 24.7. The van der Waals surface area contributed by atoms with Crippen molar-refractivity contribution >= 4 is 40.6 Å². The summed E-state index contributed by atoms with van der Waals surface area (Å²) >= 11 is 6.04. The number of urea groups is 1. The summed E-state index contributed by atoms with van der Waals surface area (Å²) in [6.07, 6.45) is 0.620. The molecule has 0 saturated heterocycles. The number of carbonyl (C=O) groups is 2. The lowest BCUT2D eigenvalue weighted by atomic mass is 10.0. The highest BCUT2D eigenvalue weighted by molar-refractivity contribution is 6.30. The molecule has 0 bridgehead atoms. The molecule has 0 aliphatic rings. The number of para-hydroxylation sites is 2. The van der Waals surface area contributed by atoms with Crippen LogP contribution in [0.15, 0.2) is 72.8 Å². The van der Waals surface area contributed by atoms with E-state index in [1.807, 2.05) is 26.0 Å². The van der Waals surface area contributed by atoms with Gasteiger partial charge < -0.3 is 27.0 Å². The Balaban J connectivity index is 1.70. The van der Waals surface area contributed by atoms with Gasteiger partial charge in [0.25, 0.3) is 5.91 Å². The van der Waals surface area contributed by atoms with Crippen molar-refractivity contribution in [2.24, 2.45) is 5.73 Å². The number of nitrogens with one attached hydrogen (secondary N) is 2. The topological polar surface area (TPSA) is 113 Å². The largest absolute Gasteiger partial charge is 0.397 e. The molecule has 0 heterocycles. The Morgan fingerprint density at radius 3 is 2.32 bits per heavy atom. The van der Waals surface area contributed by atoms with Gasteiger partial charge >= 0.3 is 6.03 Å². The Bertz CT molecular complexity index is 1140. The predicted molar refractivity (Wildman–Crippen MR) is 139 cm³/mol. The first-order valence-corrected chi connectivity index (χ1v) is 11.3. The molecule has 3 rings (SSSR count). The highest BCUT2D eigenvalue weighted by Gasteiger charge is 2.19. The van der Waals surface area contributed by atoms with E-state index in [0.29, 0.717) is 47.2 Å². The summed E-state index contributed by atoms with van der Waals surface area (Å²) in [4.78, 5) is 27.3. The van der Waals surface area contributed by atoms with Crippen molar-refractivity contribution in [3.05, 3.63) is 88.9 Å². The molecule has 34 heavy (non-hydrogen) atoms. The van der Waals surface area contributed by atoms with E-state index >= 15 is 0 Å². The minimum Gasteiger partial charge on any atom is -0.397 e. The molecule has 0 saturated carbocycles. The van der Waals surface area contributed by atoms with E-state index in [2.05, 4.69) is 10.6 Å². The molecular formula is C26H30ClN5O2. The quantitative estimate of drug-likeness (QED) is 0.327. The summed E-state index contributed by atoms with van der Waals surface area (Å²) in [5, 5.41) is 6.24. The molecule has 8 heteroatoms. The fourth-order valence-electron chi connectivity index (χ4n) is 3.23. The van der Waals surface area contributed by atoms with E-state index in [9.17, 15) is 9.59 Å². The molecule has 0 radical (unpaired) electrons. The molecule has 0 spiro atoms. The van der Waals surface area contributed by atoms with Gasteiger partial charge in [0, 0.05) is 34.9 Å². The van der Waals surface area contributed by atoms with Crippen molar-refractivity contribution < 1.29 is 9.59 Å². The molecule has 0 aliphatic carbocycles. The lowest BCUT2D eigenvalue weighted by Crippen LogP contribution is -2.41. The van der Waals surface area contributed by atoms with E-state index in [4.69, 9.17) is 23.1 Å². The van der Waals surface area contributed by atoms with E-state index in [0.717, 1.165) is 5.56 Å². The summed E-state index contributed by atoms with van der Waals surface area (Å²) in [7, 11) is 0. The van der Waals surface area contributed by atoms with Gasteiger partial charge in [-0.15, -0.1) is 0 Å². The first-order chi connectivity index (χ1) is 16.1. The Hall–Kier alpha value is -3.55. The van der Waals surface area contributed by atoms with Crippen LogP contribution in [0.25, 0.3) is 0 Å². The lowest BCUT2D eigenvalue weighted by molar-refractivity contribution is 0.102. The van der Waals surface area contributed by atoms with Crippen molar-refractivity contribution in [3.8, 4) is 0 Å². The van der Waals surface area contributed by atoms with Crippen molar-refractivity contribution in [2.45, 2.75) is 32.4 Å². The number of hydrogen-bond acceptors (Lipinski definition) is 4. The Kier molecular flexibility index (Phi) is 8.15. The van der Waals surface area contributed by atoms with Crippen molar-refractivity contribution in [1.82, 2.24) is 4.90 Å². The smallest absolute Gasteiger partial charge is 0.322 e. The number of benzene rings is 3. The second-order valence-electron chi connectivity index (χ2n) is 8.84.